The molecule has 2 aromatic carbocycles. The summed E-state index contributed by atoms with van der Waals surface area (Å²) in [7, 11) is 0. The zero-order valence-corrected chi connectivity index (χ0v) is 9.60. The Morgan fingerprint density at radius 2 is 1.82 bits per heavy atom. The van der Waals surface area contributed by atoms with Crippen molar-refractivity contribution in [2.45, 2.75) is 12.8 Å². The smallest absolute Gasteiger partial charge is 0.236 e. The Morgan fingerprint density at radius 1 is 1.06 bits per heavy atom. The fourth-order valence-corrected chi connectivity index (χ4v) is 2.36. The number of rotatable bonds is 1. The van der Waals surface area contributed by atoms with E-state index in [0.717, 1.165) is 16.8 Å². The number of hydrogen-bond donors (Lipinski definition) is 1. The van der Waals surface area contributed by atoms with E-state index in [4.69, 9.17) is 0 Å². The highest BCUT2D eigenvalue weighted by Crippen LogP contribution is 2.37. The largest absolute Gasteiger partial charge is 0.325 e. The van der Waals surface area contributed by atoms with Crippen LogP contribution < -0.4 is 5.32 Å². The van der Waals surface area contributed by atoms with Gasteiger partial charge in [0.2, 0.25) is 5.91 Å². The predicted molar refractivity (Wildman–Crippen MR) is 68.1 cm³/mol. The van der Waals surface area contributed by atoms with Crippen molar-refractivity contribution in [1.29, 1.82) is 0 Å². The highest BCUT2D eigenvalue weighted by atomic mass is 16.2. The van der Waals surface area contributed by atoms with Gasteiger partial charge in [-0.25, -0.2) is 0 Å². The van der Waals surface area contributed by atoms with Gasteiger partial charge in [0.25, 0.3) is 0 Å². The molecule has 1 amide bonds. The highest BCUT2D eigenvalue weighted by molar-refractivity contribution is 6.05. The van der Waals surface area contributed by atoms with Crippen molar-refractivity contribution >= 4 is 11.6 Å². The van der Waals surface area contributed by atoms with Gasteiger partial charge in [-0.3, -0.25) is 4.79 Å². The Bertz CT molecular complexity index is 575. The second-order valence-corrected chi connectivity index (χ2v) is 4.42. The van der Waals surface area contributed by atoms with Crippen LogP contribution in [0, 0.1) is 6.92 Å². The first-order valence-corrected chi connectivity index (χ1v) is 5.72. The van der Waals surface area contributed by atoms with Gasteiger partial charge in [0.1, 0.15) is 0 Å². The Morgan fingerprint density at radius 3 is 2.59 bits per heavy atom. The third kappa shape index (κ3) is 1.62. The van der Waals surface area contributed by atoms with Crippen LogP contribution in [-0.4, -0.2) is 5.91 Å². The van der Waals surface area contributed by atoms with E-state index in [1.165, 1.54) is 5.56 Å². The molecular weight excluding hydrogens is 210 g/mol. The van der Waals surface area contributed by atoms with E-state index in [-0.39, 0.29) is 11.8 Å². The molecule has 1 unspecified atom stereocenters. The van der Waals surface area contributed by atoms with Crippen molar-refractivity contribution in [2.24, 2.45) is 0 Å². The van der Waals surface area contributed by atoms with Crippen LogP contribution in [0.15, 0.2) is 48.5 Å². The summed E-state index contributed by atoms with van der Waals surface area (Å²) in [5.74, 6) is -0.0945. The van der Waals surface area contributed by atoms with Crippen LogP contribution in [0.3, 0.4) is 0 Å². The van der Waals surface area contributed by atoms with Crippen molar-refractivity contribution in [3.8, 4) is 0 Å². The number of carbonyl (C=O) groups excluding carboxylic acids is 1. The third-order valence-electron chi connectivity index (χ3n) is 3.17. The molecule has 0 aliphatic carbocycles. The maximum absolute atomic E-state index is 12.0. The number of aryl methyl sites for hydroxylation is 1. The van der Waals surface area contributed by atoms with Gasteiger partial charge >= 0.3 is 0 Å². The summed E-state index contributed by atoms with van der Waals surface area (Å²) < 4.78 is 0. The molecule has 84 valence electrons. The Labute approximate surface area is 100 Å². The van der Waals surface area contributed by atoms with Crippen LogP contribution in [0.2, 0.25) is 0 Å². The molecular formula is C15H13NO. The third-order valence-corrected chi connectivity index (χ3v) is 3.17. The van der Waals surface area contributed by atoms with E-state index in [0.29, 0.717) is 0 Å². The van der Waals surface area contributed by atoms with Gasteiger partial charge in [-0.05, 0) is 24.1 Å². The van der Waals surface area contributed by atoms with Crippen molar-refractivity contribution in [3.05, 3.63) is 65.2 Å². The van der Waals surface area contributed by atoms with Crippen LogP contribution in [0.25, 0.3) is 0 Å². The van der Waals surface area contributed by atoms with Gasteiger partial charge in [0.15, 0.2) is 0 Å². The molecule has 1 heterocycles. The minimum absolute atomic E-state index is 0.0665. The minimum Gasteiger partial charge on any atom is -0.325 e. The summed E-state index contributed by atoms with van der Waals surface area (Å²) in [4.78, 5) is 12.0. The van der Waals surface area contributed by atoms with Gasteiger partial charge in [-0.2, -0.15) is 0 Å². The van der Waals surface area contributed by atoms with Crippen LogP contribution in [0.5, 0.6) is 0 Å². The lowest BCUT2D eigenvalue weighted by Crippen LogP contribution is -2.12. The maximum Gasteiger partial charge on any atom is 0.236 e. The summed E-state index contributed by atoms with van der Waals surface area (Å²) >= 11 is 0. The number of nitrogens with one attached hydrogen (secondary N) is 1. The van der Waals surface area contributed by atoms with Gasteiger partial charge in [-0.1, -0.05) is 48.0 Å². The summed E-state index contributed by atoms with van der Waals surface area (Å²) in [5.41, 5.74) is 4.26. The van der Waals surface area contributed by atoms with Gasteiger partial charge in [0.05, 0.1) is 5.92 Å². The number of benzene rings is 2. The van der Waals surface area contributed by atoms with Crippen molar-refractivity contribution in [1.82, 2.24) is 0 Å². The van der Waals surface area contributed by atoms with E-state index in [9.17, 15) is 4.79 Å². The lowest BCUT2D eigenvalue weighted by atomic mass is 9.92. The molecule has 0 saturated carbocycles. The number of amides is 1. The number of fused-ring (bicyclic) bond motifs is 1. The molecule has 1 atom stereocenters. The van der Waals surface area contributed by atoms with Crippen LogP contribution in [0.4, 0.5) is 5.69 Å². The molecule has 0 bridgehead atoms. The zero-order chi connectivity index (χ0) is 11.8. The van der Waals surface area contributed by atoms with E-state index >= 15 is 0 Å². The van der Waals surface area contributed by atoms with Crippen molar-refractivity contribution in [2.75, 3.05) is 5.32 Å². The molecule has 0 aromatic heterocycles. The molecule has 3 rings (SSSR count). The monoisotopic (exact) mass is 223 g/mol. The zero-order valence-electron chi connectivity index (χ0n) is 9.60. The highest BCUT2D eigenvalue weighted by Gasteiger charge is 2.31. The molecule has 2 nitrogen and oxygen atoms in total. The van der Waals surface area contributed by atoms with E-state index in [1.807, 2.05) is 49.4 Å². The Hall–Kier alpha value is -2.09. The SMILES string of the molecule is Cc1ccc2c(c1)C(c1ccccc1)C(=O)N2. The van der Waals surface area contributed by atoms with Crippen LogP contribution >= 0.6 is 0 Å². The molecule has 17 heavy (non-hydrogen) atoms. The average Bonchev–Trinajstić information content (AvgIpc) is 2.65. The summed E-state index contributed by atoms with van der Waals surface area (Å²) in [5, 5.41) is 2.93. The number of carbonyl (C=O) groups is 1. The van der Waals surface area contributed by atoms with Crippen molar-refractivity contribution < 1.29 is 4.79 Å². The molecule has 2 aromatic rings. The van der Waals surface area contributed by atoms with Crippen LogP contribution in [-0.2, 0) is 4.79 Å². The first kappa shape index (κ1) is 10.1. The Kier molecular flexibility index (Phi) is 2.22. The summed E-state index contributed by atoms with van der Waals surface area (Å²) in [6, 6.07) is 16.0. The standard InChI is InChI=1S/C15H13NO/c1-10-7-8-13-12(9-10)14(15(17)16-13)11-5-3-2-4-6-11/h2-9,14H,1H3,(H,16,17). The fourth-order valence-electron chi connectivity index (χ4n) is 2.36. The molecule has 0 saturated heterocycles. The topological polar surface area (TPSA) is 29.1 Å². The van der Waals surface area contributed by atoms with E-state index in [1.54, 1.807) is 0 Å². The summed E-state index contributed by atoms with van der Waals surface area (Å²) in [6.07, 6.45) is 0. The maximum atomic E-state index is 12.0. The predicted octanol–water partition coefficient (Wildman–Crippen LogP) is 3.08. The first-order chi connectivity index (χ1) is 8.25. The lowest BCUT2D eigenvalue weighted by molar-refractivity contribution is -0.116. The second-order valence-electron chi connectivity index (χ2n) is 4.42. The quantitative estimate of drug-likeness (QED) is 0.790. The lowest BCUT2D eigenvalue weighted by Gasteiger charge is -2.09. The molecule has 0 spiro atoms. The first-order valence-electron chi connectivity index (χ1n) is 5.72. The molecule has 1 aliphatic heterocycles. The van der Waals surface area contributed by atoms with Crippen LogP contribution in [0.1, 0.15) is 22.6 Å². The Balaban J connectivity index is 2.14. The number of anilines is 1. The van der Waals surface area contributed by atoms with Gasteiger partial charge < -0.3 is 5.32 Å². The minimum atomic E-state index is -0.161. The molecule has 1 N–H and O–H groups in total. The average molecular weight is 223 g/mol. The molecule has 0 fully saturated rings. The van der Waals surface area contributed by atoms with Gasteiger partial charge in [0, 0.05) is 5.69 Å². The normalized spacial score (nSPS) is 17.7. The molecule has 2 heteroatoms. The second kappa shape index (κ2) is 3.74. The summed E-state index contributed by atoms with van der Waals surface area (Å²) in [6.45, 7) is 2.05. The molecule has 0 radical (unpaired) electrons. The van der Waals surface area contributed by atoms with E-state index in [2.05, 4.69) is 11.4 Å². The number of hydrogen-bond acceptors (Lipinski definition) is 1. The fraction of sp³-hybridized carbons (Fsp3) is 0.133. The van der Waals surface area contributed by atoms with Crippen molar-refractivity contribution in [3.63, 3.8) is 0 Å². The van der Waals surface area contributed by atoms with Gasteiger partial charge in [-0.15, -0.1) is 0 Å². The molecule has 1 aliphatic rings. The van der Waals surface area contributed by atoms with E-state index < -0.39 is 0 Å².